The highest BCUT2D eigenvalue weighted by Gasteiger charge is 2.22. The molecule has 0 bridgehead atoms. The van der Waals surface area contributed by atoms with Gasteiger partial charge in [-0.1, -0.05) is 6.07 Å². The van der Waals surface area contributed by atoms with Crippen LogP contribution in [0.2, 0.25) is 0 Å². The van der Waals surface area contributed by atoms with Crippen molar-refractivity contribution in [1.29, 1.82) is 0 Å². The maximum atomic E-state index is 14.1. The summed E-state index contributed by atoms with van der Waals surface area (Å²) in [6.45, 7) is 5.87. The zero-order valence-electron chi connectivity index (χ0n) is 15.3. The highest BCUT2D eigenvalue weighted by molar-refractivity contribution is 6.02. The first-order valence-electron chi connectivity index (χ1n) is 9.05. The van der Waals surface area contributed by atoms with Crippen molar-refractivity contribution in [2.75, 3.05) is 18.0 Å². The van der Waals surface area contributed by atoms with Crippen LogP contribution in [0.25, 0.3) is 10.9 Å². The number of ether oxygens (including phenoxy) is 1. The van der Waals surface area contributed by atoms with Gasteiger partial charge in [-0.25, -0.2) is 4.39 Å². The van der Waals surface area contributed by atoms with Gasteiger partial charge in [-0.2, -0.15) is 0 Å². The molecule has 2 unspecified atom stereocenters. The third-order valence-electron chi connectivity index (χ3n) is 4.77. The predicted octanol–water partition coefficient (Wildman–Crippen LogP) is 4.38. The van der Waals surface area contributed by atoms with Gasteiger partial charge in [0, 0.05) is 30.4 Å². The Morgan fingerprint density at radius 3 is 2.56 bits per heavy atom. The number of nitrogens with one attached hydrogen (secondary N) is 1. The van der Waals surface area contributed by atoms with Gasteiger partial charge in [0.1, 0.15) is 5.82 Å². The molecular weight excluding hydrogens is 345 g/mol. The Kier molecular flexibility index (Phi) is 4.58. The quantitative estimate of drug-likeness (QED) is 0.676. The normalized spacial score (nSPS) is 20.6. The number of benzene rings is 2. The molecule has 27 heavy (non-hydrogen) atoms. The van der Waals surface area contributed by atoms with Crippen molar-refractivity contribution in [3.63, 3.8) is 0 Å². The van der Waals surface area contributed by atoms with Crippen LogP contribution in [0, 0.1) is 5.82 Å². The van der Waals surface area contributed by atoms with Crippen molar-refractivity contribution in [3.05, 3.63) is 53.8 Å². The lowest BCUT2D eigenvalue weighted by Gasteiger charge is -2.36. The van der Waals surface area contributed by atoms with Crippen LogP contribution in [0.5, 0.6) is 5.88 Å². The van der Waals surface area contributed by atoms with E-state index < -0.39 is 5.82 Å². The molecule has 5 nitrogen and oxygen atoms in total. The number of H-pyrrole nitrogens is 1. The van der Waals surface area contributed by atoms with Crippen molar-refractivity contribution in [1.82, 2.24) is 4.98 Å². The summed E-state index contributed by atoms with van der Waals surface area (Å²) in [4.78, 5) is 9.47. The lowest BCUT2D eigenvalue weighted by Crippen LogP contribution is -2.45. The first-order chi connectivity index (χ1) is 13.0. The Morgan fingerprint density at radius 2 is 1.85 bits per heavy atom. The summed E-state index contributed by atoms with van der Waals surface area (Å²) in [6, 6.07) is 12.6. The highest BCUT2D eigenvalue weighted by atomic mass is 19.1. The van der Waals surface area contributed by atoms with Crippen molar-refractivity contribution in [3.8, 4) is 5.88 Å². The minimum atomic E-state index is -0.392. The third-order valence-corrected chi connectivity index (χ3v) is 4.77. The monoisotopic (exact) mass is 367 g/mol. The minimum Gasteiger partial charge on any atom is -0.494 e. The Morgan fingerprint density at radius 1 is 1.15 bits per heavy atom. The van der Waals surface area contributed by atoms with E-state index in [1.807, 2.05) is 24.3 Å². The third kappa shape index (κ3) is 3.53. The van der Waals surface area contributed by atoms with Gasteiger partial charge in [-0.05, 0) is 50.2 Å². The number of morpholine rings is 1. The second-order valence-corrected chi connectivity index (χ2v) is 6.99. The number of fused-ring (bicyclic) bond motifs is 1. The van der Waals surface area contributed by atoms with Crippen LogP contribution < -0.4 is 4.90 Å². The summed E-state index contributed by atoms with van der Waals surface area (Å²) in [5.41, 5.74) is 2.75. The second kappa shape index (κ2) is 7.04. The van der Waals surface area contributed by atoms with Crippen molar-refractivity contribution in [2.45, 2.75) is 26.1 Å². The highest BCUT2D eigenvalue weighted by Crippen LogP contribution is 2.29. The average Bonchev–Trinajstić information content (AvgIpc) is 2.96. The summed E-state index contributed by atoms with van der Waals surface area (Å²) in [5, 5.41) is 10.4. The molecule has 1 aliphatic heterocycles. The van der Waals surface area contributed by atoms with Gasteiger partial charge in [0.15, 0.2) is 5.88 Å². The number of anilines is 1. The predicted molar refractivity (Wildman–Crippen MR) is 106 cm³/mol. The number of hydrogen-bond donors (Lipinski definition) is 2. The van der Waals surface area contributed by atoms with Crippen LogP contribution in [-0.2, 0) is 4.74 Å². The van der Waals surface area contributed by atoms with E-state index in [4.69, 9.17) is 4.74 Å². The summed E-state index contributed by atoms with van der Waals surface area (Å²) >= 11 is 0. The Balaban J connectivity index is 1.56. The first kappa shape index (κ1) is 17.5. The first-order valence-corrected chi connectivity index (χ1v) is 9.05. The molecule has 0 saturated carbocycles. The zero-order valence-corrected chi connectivity index (χ0v) is 15.3. The topological polar surface area (TPSA) is 60.8 Å². The minimum absolute atomic E-state index is 0.0910. The van der Waals surface area contributed by atoms with E-state index in [0.717, 1.165) is 24.5 Å². The molecule has 4 rings (SSSR count). The lowest BCUT2D eigenvalue weighted by molar-refractivity contribution is -0.00521. The van der Waals surface area contributed by atoms with Gasteiger partial charge in [0.05, 0.1) is 29.0 Å². The molecule has 1 aliphatic rings. The zero-order chi connectivity index (χ0) is 19.0. The van der Waals surface area contributed by atoms with E-state index >= 15 is 0 Å². The lowest BCUT2D eigenvalue weighted by atomic mass is 10.1. The standard InChI is InChI=1S/C21H22FN3O2/c1-13-11-25(12-14(2)27-13)16-8-6-15(7-9-16)23-10-17-20-18(22)4-3-5-19(20)24-21(17)26/h3-10,13-14,24,26H,11-12H2,1-2H3. The number of nitrogens with zero attached hydrogens (tertiary/aromatic N) is 2. The molecule has 1 aromatic heterocycles. The van der Waals surface area contributed by atoms with Gasteiger partial charge in [0.2, 0.25) is 0 Å². The van der Waals surface area contributed by atoms with Gasteiger partial charge in [0.25, 0.3) is 0 Å². The number of hydrogen-bond acceptors (Lipinski definition) is 4. The van der Waals surface area contributed by atoms with Crippen molar-refractivity contribution >= 4 is 28.5 Å². The van der Waals surface area contributed by atoms with Crippen LogP contribution in [0.1, 0.15) is 19.4 Å². The van der Waals surface area contributed by atoms with Crippen LogP contribution >= 0.6 is 0 Å². The summed E-state index contributed by atoms with van der Waals surface area (Å²) in [6.07, 6.45) is 1.89. The van der Waals surface area contributed by atoms with Crippen LogP contribution in [0.3, 0.4) is 0 Å². The molecule has 0 amide bonds. The molecule has 2 heterocycles. The fourth-order valence-electron chi connectivity index (χ4n) is 3.62. The maximum absolute atomic E-state index is 14.1. The van der Waals surface area contributed by atoms with E-state index in [0.29, 0.717) is 16.5 Å². The number of aromatic hydroxyl groups is 1. The SMILES string of the molecule is CC1CN(c2ccc(N=Cc3c(O)[nH]c4cccc(F)c34)cc2)CC(C)O1. The van der Waals surface area contributed by atoms with Gasteiger partial charge >= 0.3 is 0 Å². The molecule has 0 spiro atoms. The molecule has 0 radical (unpaired) electrons. The molecular formula is C21H22FN3O2. The molecule has 1 saturated heterocycles. The van der Waals surface area contributed by atoms with E-state index in [9.17, 15) is 9.50 Å². The summed E-state index contributed by atoms with van der Waals surface area (Å²) in [5.74, 6) is -0.483. The molecule has 2 atom stereocenters. The Hall–Kier alpha value is -2.86. The largest absolute Gasteiger partial charge is 0.494 e. The number of aliphatic imine (C=N–C) groups is 1. The summed E-state index contributed by atoms with van der Waals surface area (Å²) < 4.78 is 19.9. The van der Waals surface area contributed by atoms with E-state index in [-0.39, 0.29) is 18.1 Å². The van der Waals surface area contributed by atoms with Crippen LogP contribution in [0.4, 0.5) is 15.8 Å². The van der Waals surface area contributed by atoms with Gasteiger partial charge in [-0.3, -0.25) is 4.99 Å². The van der Waals surface area contributed by atoms with Gasteiger partial charge < -0.3 is 19.7 Å². The molecule has 0 aliphatic carbocycles. The van der Waals surface area contributed by atoms with E-state index in [2.05, 4.69) is 28.7 Å². The molecule has 2 aromatic carbocycles. The van der Waals surface area contributed by atoms with Crippen molar-refractivity contribution in [2.24, 2.45) is 4.99 Å². The second-order valence-electron chi connectivity index (χ2n) is 6.99. The molecule has 3 aromatic rings. The fraction of sp³-hybridized carbons (Fsp3) is 0.286. The molecule has 2 N–H and O–H groups in total. The number of aromatic nitrogens is 1. The smallest absolute Gasteiger partial charge is 0.198 e. The molecule has 140 valence electrons. The van der Waals surface area contributed by atoms with Gasteiger partial charge in [-0.15, -0.1) is 0 Å². The van der Waals surface area contributed by atoms with Crippen LogP contribution in [-0.4, -0.2) is 41.6 Å². The molecule has 6 heteroatoms. The average molecular weight is 367 g/mol. The van der Waals surface area contributed by atoms with E-state index in [1.54, 1.807) is 12.1 Å². The van der Waals surface area contributed by atoms with E-state index in [1.165, 1.54) is 12.3 Å². The Bertz CT molecular complexity index is 971. The van der Waals surface area contributed by atoms with Crippen LogP contribution in [0.15, 0.2) is 47.5 Å². The number of halogens is 1. The van der Waals surface area contributed by atoms with Crippen molar-refractivity contribution < 1.29 is 14.2 Å². The number of aromatic amines is 1. The number of rotatable bonds is 3. The maximum Gasteiger partial charge on any atom is 0.198 e. The molecule has 1 fully saturated rings. The Labute approximate surface area is 157 Å². The summed E-state index contributed by atoms with van der Waals surface area (Å²) in [7, 11) is 0. The fourth-order valence-corrected chi connectivity index (χ4v) is 3.62.